The molecule has 360 valence electrons. The number of aliphatic hydroxyl groups excluding tert-OH is 1. The van der Waals surface area contributed by atoms with E-state index in [0.29, 0.717) is 41.7 Å². The average molecular weight is 919 g/mol. The standard InChI is InChI=1S/C53H70N6O8/c1-32-44-26-39(53(44,3)4)27-45(32)56-51(63)48-47(33(2)66-52(64)54-28-35-18-20-42(61)21-19-35)46(31-60)67-59(48)29-36-16-13-17-43(49(36)65-9)37-23-38(25-41(24-37)58(7)8)50(62)55-40(30-57(5)6)22-34-14-11-10-12-15-34/h10-21,23-25,32-33,39-40,44-48,60-61H,22,26-31H2,1-9H3,(H,54,64)(H,55,62)(H,56,63)/t32-,33-,39-,40-,44+,45-,46-,47+,48-/m0/s1. The number of rotatable bonds is 18. The summed E-state index contributed by atoms with van der Waals surface area (Å²) in [5.74, 6) is 0.708. The van der Waals surface area contributed by atoms with E-state index in [1.165, 1.54) is 0 Å². The first-order valence-corrected chi connectivity index (χ1v) is 23.5. The molecule has 4 aromatic rings. The summed E-state index contributed by atoms with van der Waals surface area (Å²) in [7, 11) is 9.46. The molecule has 0 radical (unpaired) electrons. The minimum atomic E-state index is -0.956. The first-order valence-electron chi connectivity index (χ1n) is 23.5. The van der Waals surface area contributed by atoms with Gasteiger partial charge in [-0.1, -0.05) is 81.4 Å². The third kappa shape index (κ3) is 11.2. The third-order valence-electron chi connectivity index (χ3n) is 14.6. The maximum absolute atomic E-state index is 14.9. The number of carbonyl (C=O) groups excluding carboxylic acids is 3. The van der Waals surface area contributed by atoms with E-state index in [4.69, 9.17) is 14.3 Å². The number of hydroxylamine groups is 2. The Morgan fingerprint density at radius 1 is 0.940 bits per heavy atom. The highest BCUT2D eigenvalue weighted by Crippen LogP contribution is 2.61. The number of methoxy groups -OCH3 is 1. The number of phenols is 1. The minimum Gasteiger partial charge on any atom is -0.508 e. The Kier molecular flexibility index (Phi) is 15.5. The number of hydrogen-bond acceptors (Lipinski definition) is 11. The van der Waals surface area contributed by atoms with Crippen molar-refractivity contribution in [1.82, 2.24) is 25.9 Å². The number of alkyl carbamates (subject to hydrolysis) is 1. The zero-order chi connectivity index (χ0) is 48.2. The van der Waals surface area contributed by atoms with Gasteiger partial charge in [-0.3, -0.25) is 14.4 Å². The fraction of sp³-hybridized carbons (Fsp3) is 0.491. The number of para-hydroxylation sites is 1. The third-order valence-corrected chi connectivity index (χ3v) is 14.6. The Morgan fingerprint density at radius 3 is 2.31 bits per heavy atom. The van der Waals surface area contributed by atoms with Crippen LogP contribution in [0, 0.1) is 29.1 Å². The van der Waals surface area contributed by atoms with Crippen LogP contribution in [0.15, 0.2) is 91.0 Å². The minimum absolute atomic E-state index is 0.0467. The van der Waals surface area contributed by atoms with Crippen LogP contribution in [0.4, 0.5) is 10.5 Å². The number of carbonyl (C=O) groups is 3. The molecule has 67 heavy (non-hydrogen) atoms. The highest BCUT2D eigenvalue weighted by molar-refractivity contribution is 5.97. The summed E-state index contributed by atoms with van der Waals surface area (Å²) in [6, 6.07) is 27.0. The highest BCUT2D eigenvalue weighted by Gasteiger charge is 2.57. The summed E-state index contributed by atoms with van der Waals surface area (Å²) < 4.78 is 12.1. The summed E-state index contributed by atoms with van der Waals surface area (Å²) in [6.45, 7) is 9.07. The molecule has 5 N–H and O–H groups in total. The van der Waals surface area contributed by atoms with Crippen molar-refractivity contribution in [2.24, 2.45) is 29.1 Å². The number of anilines is 1. The molecule has 4 fully saturated rings. The van der Waals surface area contributed by atoms with E-state index in [9.17, 15) is 24.6 Å². The van der Waals surface area contributed by atoms with E-state index < -0.39 is 36.9 Å². The molecule has 4 aliphatic rings. The zero-order valence-corrected chi connectivity index (χ0v) is 40.5. The maximum Gasteiger partial charge on any atom is 0.407 e. The molecular formula is C53H70N6O8. The van der Waals surface area contributed by atoms with Crippen LogP contribution in [0.5, 0.6) is 11.5 Å². The van der Waals surface area contributed by atoms with Crippen molar-refractivity contribution in [3.05, 3.63) is 113 Å². The number of benzene rings is 4. The number of phenolic OH excluding ortho intramolecular Hbond substituents is 1. The van der Waals surface area contributed by atoms with Crippen molar-refractivity contribution in [1.29, 1.82) is 0 Å². The van der Waals surface area contributed by atoms with E-state index in [2.05, 4.69) is 53.8 Å². The normalized spacial score (nSPS) is 24.0. The number of nitrogens with one attached hydrogen (secondary N) is 3. The van der Waals surface area contributed by atoms with Crippen LogP contribution >= 0.6 is 0 Å². The Morgan fingerprint density at radius 2 is 1.67 bits per heavy atom. The van der Waals surface area contributed by atoms with Crippen LogP contribution in [0.3, 0.4) is 0 Å². The first kappa shape index (κ1) is 49.2. The predicted octanol–water partition coefficient (Wildman–Crippen LogP) is 6.63. The molecule has 9 atom stereocenters. The molecular weight excluding hydrogens is 849 g/mol. The summed E-state index contributed by atoms with van der Waals surface area (Å²) >= 11 is 0. The molecule has 0 spiro atoms. The van der Waals surface area contributed by atoms with Crippen LogP contribution in [-0.4, -0.2) is 117 Å². The molecule has 8 rings (SSSR count). The molecule has 1 saturated heterocycles. The van der Waals surface area contributed by atoms with Gasteiger partial charge < -0.3 is 45.4 Å². The second-order valence-corrected chi connectivity index (χ2v) is 19.9. The molecule has 1 aliphatic heterocycles. The lowest BCUT2D eigenvalue weighted by Gasteiger charge is -2.62. The molecule has 2 bridgehead atoms. The highest BCUT2D eigenvalue weighted by atomic mass is 16.7. The predicted molar refractivity (Wildman–Crippen MR) is 259 cm³/mol. The van der Waals surface area contributed by atoms with Gasteiger partial charge in [0.1, 0.15) is 29.7 Å². The molecule has 4 aromatic carbocycles. The number of hydrogen-bond donors (Lipinski definition) is 5. The average Bonchev–Trinajstić information content (AvgIpc) is 3.67. The van der Waals surface area contributed by atoms with Crippen molar-refractivity contribution >= 4 is 23.6 Å². The quantitative estimate of drug-likeness (QED) is 0.0728. The Balaban J connectivity index is 1.17. The number of nitrogens with zero attached hydrogens (tertiary/aromatic N) is 3. The van der Waals surface area contributed by atoms with E-state index in [-0.39, 0.29) is 54.1 Å². The van der Waals surface area contributed by atoms with Crippen LogP contribution in [0.2, 0.25) is 0 Å². The lowest BCUT2D eigenvalue weighted by Crippen LogP contribution is -2.62. The van der Waals surface area contributed by atoms with Gasteiger partial charge in [0.15, 0.2) is 0 Å². The molecule has 1 heterocycles. The first-order chi connectivity index (χ1) is 32.0. The second-order valence-electron chi connectivity index (χ2n) is 19.9. The lowest BCUT2D eigenvalue weighted by atomic mass is 9.45. The van der Waals surface area contributed by atoms with Crippen molar-refractivity contribution in [2.45, 2.75) is 90.4 Å². The smallest absolute Gasteiger partial charge is 0.407 e. The van der Waals surface area contributed by atoms with Crippen molar-refractivity contribution < 1.29 is 38.9 Å². The van der Waals surface area contributed by atoms with E-state index in [1.807, 2.05) is 87.7 Å². The number of aromatic hydroxyl groups is 1. The van der Waals surface area contributed by atoms with Gasteiger partial charge in [0.2, 0.25) is 5.91 Å². The number of amides is 3. The Labute approximate surface area is 395 Å². The fourth-order valence-corrected chi connectivity index (χ4v) is 10.8. The molecule has 3 aliphatic carbocycles. The molecule has 3 saturated carbocycles. The Bertz CT molecular complexity index is 2340. The van der Waals surface area contributed by atoms with Crippen LogP contribution in [0.25, 0.3) is 11.1 Å². The van der Waals surface area contributed by atoms with Gasteiger partial charge in [0.05, 0.1) is 26.2 Å². The molecule has 0 aromatic heterocycles. The van der Waals surface area contributed by atoms with Gasteiger partial charge in [0.25, 0.3) is 5.91 Å². The summed E-state index contributed by atoms with van der Waals surface area (Å²) in [6.07, 6.45) is 0.278. The summed E-state index contributed by atoms with van der Waals surface area (Å²) in [4.78, 5) is 52.8. The number of ether oxygens (including phenoxy) is 2. The van der Waals surface area contributed by atoms with E-state index >= 15 is 0 Å². The SMILES string of the molecule is COc1c(CN2O[C@@H](CO)[C@@H]([C@H](C)OC(=O)NCc3ccc(O)cc3)[C@H]2C(=O)N[C@H]2C[C@@H]3C[C@H]([C@@H]2C)C3(C)C)cccc1-c1cc(C(=O)N[C@@H](Cc2ccccc2)CN(C)C)cc(N(C)C)c1. The van der Waals surface area contributed by atoms with E-state index in [1.54, 1.807) is 43.4 Å². The van der Waals surface area contributed by atoms with Gasteiger partial charge >= 0.3 is 6.09 Å². The monoisotopic (exact) mass is 919 g/mol. The van der Waals surface area contributed by atoms with Crippen molar-refractivity contribution in [2.75, 3.05) is 53.4 Å². The second kappa shape index (κ2) is 21.1. The molecule has 14 heteroatoms. The maximum atomic E-state index is 14.9. The largest absolute Gasteiger partial charge is 0.508 e. The number of aliphatic hydroxyl groups is 1. The number of likely N-dealkylation sites (N-methyl/N-ethyl adjacent to an activating group) is 1. The molecule has 0 unspecified atom stereocenters. The van der Waals surface area contributed by atoms with Gasteiger partial charge in [-0.05, 0) is 110 Å². The zero-order valence-electron chi connectivity index (χ0n) is 40.5. The number of fused-ring (bicyclic) bond motifs is 2. The molecule has 3 amide bonds. The van der Waals surface area contributed by atoms with Crippen LogP contribution in [0.1, 0.15) is 67.6 Å². The molecule has 14 nitrogen and oxygen atoms in total. The fourth-order valence-electron chi connectivity index (χ4n) is 10.8. The summed E-state index contributed by atoms with van der Waals surface area (Å²) in [5.41, 5.74) is 5.66. The van der Waals surface area contributed by atoms with Crippen molar-refractivity contribution in [3.8, 4) is 22.6 Å². The van der Waals surface area contributed by atoms with Gasteiger partial charge in [-0.15, -0.1) is 0 Å². The van der Waals surface area contributed by atoms with Crippen molar-refractivity contribution in [3.63, 3.8) is 0 Å². The van der Waals surface area contributed by atoms with Gasteiger partial charge in [-0.25, -0.2) is 4.79 Å². The van der Waals surface area contributed by atoms with Gasteiger partial charge in [-0.2, -0.15) is 5.06 Å². The van der Waals surface area contributed by atoms with Crippen LogP contribution in [-0.2, 0) is 33.9 Å². The van der Waals surface area contributed by atoms with Crippen LogP contribution < -0.4 is 25.6 Å². The summed E-state index contributed by atoms with van der Waals surface area (Å²) in [5, 5.41) is 31.6. The Hall–Kier alpha value is -5.67. The topological polar surface area (TPSA) is 165 Å². The lowest BCUT2D eigenvalue weighted by molar-refractivity contribution is -0.183. The van der Waals surface area contributed by atoms with E-state index in [0.717, 1.165) is 40.8 Å². The van der Waals surface area contributed by atoms with Gasteiger partial charge in [0, 0.05) is 61.6 Å².